The van der Waals surface area contributed by atoms with Crippen LogP contribution in [-0.2, 0) is 13.1 Å². The van der Waals surface area contributed by atoms with Gasteiger partial charge in [-0.05, 0) is 26.8 Å². The monoisotopic (exact) mass is 404 g/mol. The molecule has 21 heavy (non-hydrogen) atoms. The van der Waals surface area contributed by atoms with Gasteiger partial charge in [-0.1, -0.05) is 0 Å². The van der Waals surface area contributed by atoms with Crippen LogP contribution in [0.4, 0.5) is 0 Å². The van der Waals surface area contributed by atoms with Gasteiger partial charge in [0.1, 0.15) is 5.76 Å². The van der Waals surface area contributed by atoms with Crippen LogP contribution in [0.15, 0.2) is 21.7 Å². The van der Waals surface area contributed by atoms with E-state index in [1.807, 2.05) is 26.8 Å². The Labute approximate surface area is 141 Å². The molecule has 0 aliphatic rings. The number of halogens is 1. The van der Waals surface area contributed by atoms with Crippen molar-refractivity contribution in [2.45, 2.75) is 33.9 Å². The second-order valence-electron chi connectivity index (χ2n) is 4.38. The zero-order valence-electron chi connectivity index (χ0n) is 12.4. The molecule has 0 radical (unpaired) electrons. The molecule has 0 aromatic carbocycles. The van der Waals surface area contributed by atoms with Crippen LogP contribution in [0, 0.1) is 13.8 Å². The van der Waals surface area contributed by atoms with E-state index in [9.17, 15) is 0 Å². The molecule has 0 saturated carbocycles. The highest BCUT2D eigenvalue weighted by molar-refractivity contribution is 14.0. The summed E-state index contributed by atoms with van der Waals surface area (Å²) in [6.07, 6.45) is 1.71. The van der Waals surface area contributed by atoms with Crippen LogP contribution in [0.3, 0.4) is 0 Å². The van der Waals surface area contributed by atoms with Gasteiger partial charge < -0.3 is 15.1 Å². The van der Waals surface area contributed by atoms with Crippen molar-refractivity contribution in [2.75, 3.05) is 6.54 Å². The Bertz CT molecular complexity index is 544. The second kappa shape index (κ2) is 8.65. The topological polar surface area (TPSA) is 91.1 Å². The number of H-pyrrole nitrogens is 1. The Morgan fingerprint density at radius 1 is 1.38 bits per heavy atom. The van der Waals surface area contributed by atoms with Crippen molar-refractivity contribution in [1.82, 2.24) is 25.8 Å². The minimum absolute atomic E-state index is 0. The number of aromatic amines is 1. The van der Waals surface area contributed by atoms with Crippen LogP contribution in [0.5, 0.6) is 0 Å². The zero-order valence-corrected chi connectivity index (χ0v) is 14.8. The Morgan fingerprint density at radius 3 is 2.76 bits per heavy atom. The second-order valence-corrected chi connectivity index (χ2v) is 4.38. The molecule has 8 heteroatoms. The predicted molar refractivity (Wildman–Crippen MR) is 91.6 cm³/mol. The third-order valence-corrected chi connectivity index (χ3v) is 2.79. The van der Waals surface area contributed by atoms with Crippen molar-refractivity contribution >= 4 is 29.9 Å². The minimum atomic E-state index is 0. The smallest absolute Gasteiger partial charge is 0.214 e. The number of oxazole rings is 1. The molecule has 2 rings (SSSR count). The number of nitrogens with zero attached hydrogens (tertiary/aromatic N) is 3. The molecular weight excluding hydrogens is 383 g/mol. The van der Waals surface area contributed by atoms with E-state index in [2.05, 4.69) is 30.8 Å². The molecule has 2 heterocycles. The molecule has 0 amide bonds. The predicted octanol–water partition coefficient (Wildman–Crippen LogP) is 1.89. The lowest BCUT2D eigenvalue weighted by molar-refractivity contribution is 0.463. The first-order valence-electron chi connectivity index (χ1n) is 6.62. The molecule has 0 spiro atoms. The van der Waals surface area contributed by atoms with Crippen LogP contribution < -0.4 is 10.6 Å². The number of nitrogens with one attached hydrogen (secondary N) is 3. The van der Waals surface area contributed by atoms with Crippen molar-refractivity contribution in [3.8, 4) is 0 Å². The highest BCUT2D eigenvalue weighted by Gasteiger charge is 2.06. The summed E-state index contributed by atoms with van der Waals surface area (Å²) in [5.74, 6) is 2.23. The maximum Gasteiger partial charge on any atom is 0.214 e. The summed E-state index contributed by atoms with van der Waals surface area (Å²) in [4.78, 5) is 8.78. The summed E-state index contributed by atoms with van der Waals surface area (Å²) in [6, 6.07) is 1.90. The van der Waals surface area contributed by atoms with Gasteiger partial charge in [0.05, 0.1) is 24.5 Å². The van der Waals surface area contributed by atoms with Gasteiger partial charge in [0, 0.05) is 12.7 Å². The van der Waals surface area contributed by atoms with Crippen molar-refractivity contribution in [2.24, 2.45) is 4.99 Å². The molecule has 2 aromatic rings. The molecular formula is C13H21IN6O. The first-order chi connectivity index (χ1) is 9.69. The van der Waals surface area contributed by atoms with Crippen molar-refractivity contribution in [3.63, 3.8) is 0 Å². The van der Waals surface area contributed by atoms with E-state index in [1.54, 1.807) is 6.20 Å². The van der Waals surface area contributed by atoms with Crippen LogP contribution in [0.2, 0.25) is 0 Å². The average Bonchev–Trinajstić information content (AvgIpc) is 3.04. The third kappa shape index (κ3) is 5.37. The number of aliphatic imine (C=N–C) groups is 1. The van der Waals surface area contributed by atoms with Gasteiger partial charge in [0.15, 0.2) is 5.96 Å². The normalized spacial score (nSPS) is 11.1. The fourth-order valence-electron chi connectivity index (χ4n) is 1.65. The standard InChI is InChI=1S/C13H20N6O.HI/c1-4-14-13(15-7-11-5-6-17-19-11)16-8-12-18-9(2)10(3)20-12;/h5-6H,4,7-8H2,1-3H3,(H,17,19)(H2,14,15,16);1H. The molecule has 0 aliphatic carbocycles. The van der Waals surface area contributed by atoms with Gasteiger partial charge in [-0.15, -0.1) is 24.0 Å². The molecule has 0 aliphatic heterocycles. The van der Waals surface area contributed by atoms with Crippen molar-refractivity contribution in [1.29, 1.82) is 0 Å². The largest absolute Gasteiger partial charge is 0.444 e. The summed E-state index contributed by atoms with van der Waals surface area (Å²) in [5, 5.41) is 13.1. The minimum Gasteiger partial charge on any atom is -0.444 e. The lowest BCUT2D eigenvalue weighted by Gasteiger charge is -2.09. The van der Waals surface area contributed by atoms with E-state index in [1.165, 1.54) is 0 Å². The fourth-order valence-corrected chi connectivity index (χ4v) is 1.65. The van der Waals surface area contributed by atoms with Crippen molar-refractivity contribution in [3.05, 3.63) is 35.3 Å². The average molecular weight is 404 g/mol. The molecule has 0 bridgehead atoms. The number of hydrogen-bond acceptors (Lipinski definition) is 4. The summed E-state index contributed by atoms with van der Waals surface area (Å²) < 4.78 is 5.52. The Hall–Kier alpha value is -1.58. The summed E-state index contributed by atoms with van der Waals surface area (Å²) in [5.41, 5.74) is 1.88. The summed E-state index contributed by atoms with van der Waals surface area (Å²) in [7, 11) is 0. The lowest BCUT2D eigenvalue weighted by atomic mass is 10.4. The third-order valence-electron chi connectivity index (χ3n) is 2.79. The first kappa shape index (κ1) is 17.5. The van der Waals surface area contributed by atoms with Crippen molar-refractivity contribution < 1.29 is 4.42 Å². The quantitative estimate of drug-likeness (QED) is 0.402. The molecule has 3 N–H and O–H groups in total. The van der Waals surface area contributed by atoms with E-state index in [0.29, 0.717) is 19.0 Å². The van der Waals surface area contributed by atoms with Gasteiger partial charge in [0.25, 0.3) is 0 Å². The summed E-state index contributed by atoms with van der Waals surface area (Å²) >= 11 is 0. The maximum absolute atomic E-state index is 5.52. The molecule has 2 aromatic heterocycles. The number of aryl methyl sites for hydroxylation is 2. The van der Waals surface area contributed by atoms with Gasteiger partial charge in [-0.3, -0.25) is 5.10 Å². The Morgan fingerprint density at radius 2 is 2.19 bits per heavy atom. The van der Waals surface area contributed by atoms with E-state index >= 15 is 0 Å². The van der Waals surface area contributed by atoms with E-state index < -0.39 is 0 Å². The highest BCUT2D eigenvalue weighted by atomic mass is 127. The number of aromatic nitrogens is 3. The van der Waals surface area contributed by atoms with Crippen LogP contribution >= 0.6 is 24.0 Å². The maximum atomic E-state index is 5.52. The molecule has 116 valence electrons. The van der Waals surface area contributed by atoms with E-state index in [0.717, 1.165) is 29.7 Å². The van der Waals surface area contributed by atoms with Gasteiger partial charge in [-0.25, -0.2) is 9.98 Å². The Kier molecular flexibility index (Phi) is 7.20. The molecule has 0 atom stereocenters. The summed E-state index contributed by atoms with van der Waals surface area (Å²) in [6.45, 7) is 7.69. The molecule has 7 nitrogen and oxygen atoms in total. The SMILES string of the molecule is CCNC(=NCc1ccn[nH]1)NCc1nc(C)c(C)o1.I. The lowest BCUT2D eigenvalue weighted by Crippen LogP contribution is -2.36. The van der Waals surface area contributed by atoms with Crippen LogP contribution in [0.25, 0.3) is 0 Å². The molecule has 0 saturated heterocycles. The van der Waals surface area contributed by atoms with Crippen LogP contribution in [0.1, 0.15) is 30.0 Å². The Balaban J connectivity index is 0.00000220. The van der Waals surface area contributed by atoms with E-state index in [4.69, 9.17) is 4.42 Å². The van der Waals surface area contributed by atoms with Gasteiger partial charge >= 0.3 is 0 Å². The highest BCUT2D eigenvalue weighted by Crippen LogP contribution is 2.07. The molecule has 0 unspecified atom stereocenters. The van der Waals surface area contributed by atoms with Gasteiger partial charge in [-0.2, -0.15) is 5.10 Å². The first-order valence-corrected chi connectivity index (χ1v) is 6.62. The number of hydrogen-bond donors (Lipinski definition) is 3. The van der Waals surface area contributed by atoms with Crippen LogP contribution in [-0.4, -0.2) is 27.7 Å². The van der Waals surface area contributed by atoms with Gasteiger partial charge in [0.2, 0.25) is 5.89 Å². The fraction of sp³-hybridized carbons (Fsp3) is 0.462. The molecule has 0 fully saturated rings. The van der Waals surface area contributed by atoms with E-state index in [-0.39, 0.29) is 24.0 Å². The number of rotatable bonds is 5. The zero-order chi connectivity index (χ0) is 14.4. The number of guanidine groups is 1.